The highest BCUT2D eigenvalue weighted by Gasteiger charge is 2.30. The molecule has 7 nitrogen and oxygen atoms in total. The fourth-order valence-corrected chi connectivity index (χ4v) is 5.96. The fourth-order valence-electron chi connectivity index (χ4n) is 4.46. The second-order valence-corrected chi connectivity index (χ2v) is 10.9. The van der Waals surface area contributed by atoms with Crippen molar-refractivity contribution >= 4 is 33.7 Å². The van der Waals surface area contributed by atoms with Gasteiger partial charge in [0.1, 0.15) is 0 Å². The first-order chi connectivity index (χ1) is 16.3. The maximum Gasteiger partial charge on any atom is 0.331 e. The highest BCUT2D eigenvalue weighted by atomic mass is 32.2. The van der Waals surface area contributed by atoms with E-state index in [-0.39, 0.29) is 23.5 Å². The van der Waals surface area contributed by atoms with Crippen molar-refractivity contribution in [3.05, 3.63) is 65.7 Å². The molecule has 1 aliphatic carbocycles. The smallest absolute Gasteiger partial charge is 0.331 e. The van der Waals surface area contributed by atoms with Crippen molar-refractivity contribution in [1.82, 2.24) is 5.32 Å². The van der Waals surface area contributed by atoms with Crippen molar-refractivity contribution in [2.75, 3.05) is 17.5 Å². The molecule has 2 aromatic rings. The van der Waals surface area contributed by atoms with E-state index in [4.69, 9.17) is 4.74 Å². The van der Waals surface area contributed by atoms with Crippen LogP contribution >= 0.6 is 0 Å². The first-order valence-electron chi connectivity index (χ1n) is 11.7. The van der Waals surface area contributed by atoms with E-state index in [1.807, 2.05) is 24.3 Å². The molecule has 0 aromatic heterocycles. The molecule has 2 aromatic carbocycles. The molecule has 1 amide bonds. The Morgan fingerprint density at radius 1 is 1.06 bits per heavy atom. The summed E-state index contributed by atoms with van der Waals surface area (Å²) in [6.45, 7) is 2.32. The number of benzene rings is 2. The van der Waals surface area contributed by atoms with Crippen LogP contribution in [0.4, 0.5) is 5.69 Å². The molecule has 8 heteroatoms. The van der Waals surface area contributed by atoms with Gasteiger partial charge in [-0.15, -0.1) is 0 Å². The molecule has 34 heavy (non-hydrogen) atoms. The monoisotopic (exact) mass is 482 g/mol. The summed E-state index contributed by atoms with van der Waals surface area (Å²) in [7, 11) is -3.66. The number of hydrogen-bond acceptors (Lipinski definition) is 5. The average molecular weight is 483 g/mol. The van der Waals surface area contributed by atoms with Gasteiger partial charge in [0, 0.05) is 18.7 Å². The molecule has 1 saturated carbocycles. The Morgan fingerprint density at radius 3 is 2.50 bits per heavy atom. The molecule has 2 aliphatic rings. The van der Waals surface area contributed by atoms with Crippen LogP contribution in [-0.2, 0) is 30.8 Å². The Balaban J connectivity index is 1.29. The minimum absolute atomic E-state index is 0.154. The van der Waals surface area contributed by atoms with Crippen molar-refractivity contribution < 1.29 is 22.7 Å². The van der Waals surface area contributed by atoms with E-state index < -0.39 is 16.0 Å². The number of rotatable bonds is 7. The van der Waals surface area contributed by atoms with E-state index in [0.29, 0.717) is 24.4 Å². The van der Waals surface area contributed by atoms with Gasteiger partial charge in [-0.25, -0.2) is 13.2 Å². The van der Waals surface area contributed by atoms with Gasteiger partial charge < -0.3 is 10.1 Å². The van der Waals surface area contributed by atoms with Crippen LogP contribution in [-0.4, -0.2) is 39.5 Å². The van der Waals surface area contributed by atoms with Gasteiger partial charge in [0.15, 0.2) is 6.61 Å². The topological polar surface area (TPSA) is 92.8 Å². The molecule has 1 aliphatic heterocycles. The Bertz CT molecular complexity index is 1170. The molecule has 0 unspecified atom stereocenters. The second kappa shape index (κ2) is 10.4. The molecular weight excluding hydrogens is 452 g/mol. The predicted octanol–water partition coefficient (Wildman–Crippen LogP) is 3.69. The van der Waals surface area contributed by atoms with Gasteiger partial charge >= 0.3 is 5.97 Å². The Labute approximate surface area is 200 Å². The largest absolute Gasteiger partial charge is 0.452 e. The van der Waals surface area contributed by atoms with Gasteiger partial charge in [-0.1, -0.05) is 37.3 Å². The average Bonchev–Trinajstić information content (AvgIpc) is 3.28. The third-order valence-corrected chi connectivity index (χ3v) is 8.28. The summed E-state index contributed by atoms with van der Waals surface area (Å²) < 4.78 is 32.6. The van der Waals surface area contributed by atoms with Crippen molar-refractivity contribution in [2.45, 2.75) is 50.0 Å². The van der Waals surface area contributed by atoms with Crippen LogP contribution in [0.1, 0.15) is 43.7 Å². The van der Waals surface area contributed by atoms with Crippen LogP contribution in [0.25, 0.3) is 6.08 Å². The number of esters is 1. The summed E-state index contributed by atoms with van der Waals surface area (Å²) >= 11 is 0. The number of hydrogen-bond donors (Lipinski definition) is 1. The molecular formula is C26H30N2O5S. The summed E-state index contributed by atoms with van der Waals surface area (Å²) in [5, 5.41) is 2.92. The van der Waals surface area contributed by atoms with Gasteiger partial charge in [0.05, 0.1) is 10.6 Å². The molecule has 0 radical (unpaired) electrons. The van der Waals surface area contributed by atoms with Crippen molar-refractivity contribution in [3.63, 3.8) is 0 Å². The molecule has 1 heterocycles. The van der Waals surface area contributed by atoms with Crippen LogP contribution in [0.5, 0.6) is 0 Å². The molecule has 0 atom stereocenters. The van der Waals surface area contributed by atoms with E-state index in [1.54, 1.807) is 12.1 Å². The zero-order chi connectivity index (χ0) is 24.1. The third-order valence-electron chi connectivity index (χ3n) is 6.45. The number of nitrogens with zero attached hydrogens (tertiary/aromatic N) is 1. The fraction of sp³-hybridized carbons (Fsp3) is 0.385. The highest BCUT2D eigenvalue weighted by Crippen LogP contribution is 2.32. The number of carbonyl (C=O) groups is 2. The molecule has 1 fully saturated rings. The summed E-state index contributed by atoms with van der Waals surface area (Å²) in [4.78, 5) is 24.2. The van der Waals surface area contributed by atoms with E-state index >= 15 is 0 Å². The van der Waals surface area contributed by atoms with Gasteiger partial charge in [-0.05, 0) is 73.4 Å². The number of sulfonamides is 1. The van der Waals surface area contributed by atoms with Crippen LogP contribution in [0, 0.1) is 5.92 Å². The van der Waals surface area contributed by atoms with Crippen molar-refractivity contribution in [3.8, 4) is 0 Å². The summed E-state index contributed by atoms with van der Waals surface area (Å²) in [6, 6.07) is 14.0. The highest BCUT2D eigenvalue weighted by molar-refractivity contribution is 7.92. The minimum Gasteiger partial charge on any atom is -0.452 e. The number of para-hydroxylation sites is 1. The molecule has 1 N–H and O–H groups in total. The number of fused-ring (bicyclic) bond motifs is 1. The van der Waals surface area contributed by atoms with Crippen LogP contribution in [0.3, 0.4) is 0 Å². The Morgan fingerprint density at radius 2 is 1.76 bits per heavy atom. The SMILES string of the molecule is CC1CCC(NC(=O)COC(=O)/C=C/c2ccc(S(=O)(=O)N3CCc4ccccc43)cc2)CC1. The first-order valence-corrected chi connectivity index (χ1v) is 13.1. The third kappa shape index (κ3) is 5.67. The lowest BCUT2D eigenvalue weighted by Crippen LogP contribution is -2.39. The second-order valence-electron chi connectivity index (χ2n) is 8.99. The van der Waals surface area contributed by atoms with Crippen LogP contribution < -0.4 is 9.62 Å². The zero-order valence-corrected chi connectivity index (χ0v) is 20.1. The zero-order valence-electron chi connectivity index (χ0n) is 19.3. The molecule has 0 spiro atoms. The van der Waals surface area contributed by atoms with E-state index in [1.165, 1.54) is 28.6 Å². The lowest BCUT2D eigenvalue weighted by Gasteiger charge is -2.26. The number of anilines is 1. The summed E-state index contributed by atoms with van der Waals surface area (Å²) in [6.07, 6.45) is 7.56. The van der Waals surface area contributed by atoms with Crippen LogP contribution in [0.15, 0.2) is 59.5 Å². The van der Waals surface area contributed by atoms with Crippen molar-refractivity contribution in [1.29, 1.82) is 0 Å². The van der Waals surface area contributed by atoms with Crippen molar-refractivity contribution in [2.24, 2.45) is 5.92 Å². The molecule has 180 valence electrons. The summed E-state index contributed by atoms with van der Waals surface area (Å²) in [5.41, 5.74) is 2.39. The van der Waals surface area contributed by atoms with E-state index in [0.717, 1.165) is 36.9 Å². The van der Waals surface area contributed by atoms with E-state index in [9.17, 15) is 18.0 Å². The van der Waals surface area contributed by atoms with Crippen LogP contribution in [0.2, 0.25) is 0 Å². The minimum atomic E-state index is -3.66. The molecule has 0 bridgehead atoms. The standard InChI is InChI=1S/C26H30N2O5S/c1-19-6-11-22(12-7-19)27-25(29)18-33-26(30)15-10-20-8-13-23(14-9-20)34(31,32)28-17-16-21-4-2-3-5-24(21)28/h2-5,8-10,13-15,19,22H,6-7,11-12,16-18H2,1H3,(H,27,29)/b15-10+. The predicted molar refractivity (Wildman–Crippen MR) is 131 cm³/mol. The number of amides is 1. The van der Waals surface area contributed by atoms with Gasteiger partial charge in [-0.2, -0.15) is 0 Å². The molecule has 4 rings (SSSR count). The van der Waals surface area contributed by atoms with Gasteiger partial charge in [-0.3, -0.25) is 9.10 Å². The quantitative estimate of drug-likeness (QED) is 0.480. The van der Waals surface area contributed by atoms with Gasteiger partial charge in [0.2, 0.25) is 0 Å². The Kier molecular flexibility index (Phi) is 7.36. The van der Waals surface area contributed by atoms with Gasteiger partial charge in [0.25, 0.3) is 15.9 Å². The number of ether oxygens (including phenoxy) is 1. The maximum absolute atomic E-state index is 13.1. The molecule has 0 saturated heterocycles. The normalized spacial score (nSPS) is 20.2. The van der Waals surface area contributed by atoms with E-state index in [2.05, 4.69) is 12.2 Å². The lowest BCUT2D eigenvalue weighted by molar-refractivity contribution is -0.144. The lowest BCUT2D eigenvalue weighted by atomic mass is 9.87. The summed E-state index contributed by atoms with van der Waals surface area (Å²) in [5.74, 6) is -0.223. The number of carbonyl (C=O) groups excluding carboxylic acids is 2. The maximum atomic E-state index is 13.1. The number of nitrogens with one attached hydrogen (secondary N) is 1. The first kappa shape index (κ1) is 24.0. The Hall–Kier alpha value is -3.13.